The van der Waals surface area contributed by atoms with Gasteiger partial charge in [0.25, 0.3) is 0 Å². The summed E-state index contributed by atoms with van der Waals surface area (Å²) in [5.41, 5.74) is 1.97. The number of hydrogen-bond acceptors (Lipinski definition) is 5. The van der Waals surface area contributed by atoms with E-state index in [1.54, 1.807) is 6.08 Å². The second-order valence-electron chi connectivity index (χ2n) is 5.21. The molecule has 3 rings (SSSR count). The Hall–Kier alpha value is -2.56. The molecule has 0 aromatic heterocycles. The Morgan fingerprint density at radius 1 is 1.32 bits per heavy atom. The molecule has 22 heavy (non-hydrogen) atoms. The maximum absolute atomic E-state index is 12.2. The third kappa shape index (κ3) is 2.19. The fourth-order valence-electron chi connectivity index (χ4n) is 2.94. The number of nitrogens with zero attached hydrogens (tertiary/aromatic N) is 2. The van der Waals surface area contributed by atoms with E-state index in [2.05, 4.69) is 4.99 Å². The first kappa shape index (κ1) is 14.4. The van der Waals surface area contributed by atoms with Crippen LogP contribution in [0.4, 0.5) is 0 Å². The molecule has 2 heterocycles. The number of hydrogen-bond donors (Lipinski definition) is 1. The number of allylic oxidation sites excluding steroid dienone is 3. The zero-order valence-electron chi connectivity index (χ0n) is 12.6. The van der Waals surface area contributed by atoms with Gasteiger partial charge in [0.05, 0.1) is 13.2 Å². The Bertz CT molecular complexity index is 676. The number of aliphatic hydroxyl groups is 1. The summed E-state index contributed by atoms with van der Waals surface area (Å²) in [7, 11) is 1.36. The molecule has 2 aliphatic heterocycles. The average molecular weight is 298 g/mol. The monoisotopic (exact) mass is 298 g/mol. The molecule has 0 aliphatic carbocycles. The Labute approximate surface area is 129 Å². The van der Waals surface area contributed by atoms with E-state index >= 15 is 0 Å². The number of carbonyl (C=O) groups excluding carboxylic acids is 1. The number of methoxy groups -OCH3 is 1. The van der Waals surface area contributed by atoms with Crippen LogP contribution in [-0.4, -0.2) is 35.0 Å². The molecule has 0 unspecified atom stereocenters. The largest absolute Gasteiger partial charge is 0.504 e. The molecule has 1 N–H and O–H groups in total. The summed E-state index contributed by atoms with van der Waals surface area (Å²) in [4.78, 5) is 18.5. The molecule has 0 amide bonds. The van der Waals surface area contributed by atoms with Crippen LogP contribution < -0.4 is 0 Å². The summed E-state index contributed by atoms with van der Waals surface area (Å²) >= 11 is 0. The van der Waals surface area contributed by atoms with Gasteiger partial charge < -0.3 is 14.7 Å². The topological polar surface area (TPSA) is 62.1 Å². The zero-order chi connectivity index (χ0) is 15.7. The molecule has 5 nitrogen and oxygen atoms in total. The molecule has 2 atom stereocenters. The normalized spacial score (nSPS) is 23.4. The molecule has 0 radical (unpaired) electrons. The van der Waals surface area contributed by atoms with Gasteiger partial charge in [-0.1, -0.05) is 37.3 Å². The number of amidine groups is 1. The number of aliphatic imine (C=N–C) groups is 1. The minimum absolute atomic E-state index is 0.0736. The highest BCUT2D eigenvalue weighted by Crippen LogP contribution is 2.39. The van der Waals surface area contributed by atoms with Crippen molar-refractivity contribution in [3.05, 3.63) is 59.5 Å². The molecule has 0 spiro atoms. The smallest absolute Gasteiger partial charge is 0.333 e. The molecule has 0 saturated carbocycles. The Balaban J connectivity index is 2.11. The first-order chi connectivity index (χ1) is 10.7. The number of carbonyl (C=O) groups is 1. The number of benzene rings is 1. The third-order valence-corrected chi connectivity index (χ3v) is 3.98. The van der Waals surface area contributed by atoms with Crippen molar-refractivity contribution >= 4 is 11.8 Å². The Morgan fingerprint density at radius 2 is 2.05 bits per heavy atom. The number of esters is 1. The number of fused-ring (bicyclic) bond motifs is 1. The van der Waals surface area contributed by atoms with Gasteiger partial charge in [0, 0.05) is 5.70 Å². The van der Waals surface area contributed by atoms with E-state index in [0.717, 1.165) is 17.7 Å². The van der Waals surface area contributed by atoms with Crippen LogP contribution in [0.2, 0.25) is 0 Å². The molecule has 5 heteroatoms. The van der Waals surface area contributed by atoms with Crippen molar-refractivity contribution in [1.29, 1.82) is 0 Å². The lowest BCUT2D eigenvalue weighted by atomic mass is 9.97. The Morgan fingerprint density at radius 3 is 2.68 bits per heavy atom. The van der Waals surface area contributed by atoms with E-state index in [-0.39, 0.29) is 11.8 Å². The first-order valence-corrected chi connectivity index (χ1v) is 7.27. The summed E-state index contributed by atoms with van der Waals surface area (Å²) in [5.74, 6) is 0.104. The summed E-state index contributed by atoms with van der Waals surface area (Å²) in [5, 5.41) is 10.1. The maximum atomic E-state index is 12.2. The molecule has 0 saturated heterocycles. The summed E-state index contributed by atoms with van der Waals surface area (Å²) in [6.07, 6.45) is 4.26. The molecule has 1 aromatic rings. The Kier molecular flexibility index (Phi) is 3.71. The number of ether oxygens (including phenoxy) is 1. The highest BCUT2D eigenvalue weighted by molar-refractivity contribution is 6.02. The standard InChI is InChI=1S/C17H18N2O3/c1-3-12-9-10-13(20)16-18-14(17(21)22-2)15(19(12)16)11-7-5-4-6-8-11/h4-10,14-15,20H,3H2,1-2H3/t14-,15+/m1/s1. The van der Waals surface area contributed by atoms with Crippen molar-refractivity contribution < 1.29 is 14.6 Å². The van der Waals surface area contributed by atoms with Gasteiger partial charge in [-0.15, -0.1) is 0 Å². The van der Waals surface area contributed by atoms with Crippen molar-refractivity contribution in [2.75, 3.05) is 7.11 Å². The van der Waals surface area contributed by atoms with Gasteiger partial charge in [-0.3, -0.25) is 0 Å². The van der Waals surface area contributed by atoms with Crippen molar-refractivity contribution in [3.8, 4) is 0 Å². The highest BCUT2D eigenvalue weighted by Gasteiger charge is 2.45. The summed E-state index contributed by atoms with van der Waals surface area (Å²) < 4.78 is 4.90. The van der Waals surface area contributed by atoms with Crippen molar-refractivity contribution in [2.45, 2.75) is 25.4 Å². The van der Waals surface area contributed by atoms with E-state index in [1.807, 2.05) is 48.2 Å². The molecular weight excluding hydrogens is 280 g/mol. The number of rotatable bonds is 3. The van der Waals surface area contributed by atoms with Gasteiger partial charge in [0.2, 0.25) is 0 Å². The van der Waals surface area contributed by atoms with Gasteiger partial charge in [0.1, 0.15) is 0 Å². The maximum Gasteiger partial charge on any atom is 0.333 e. The number of aliphatic hydroxyl groups excluding tert-OH is 1. The van der Waals surface area contributed by atoms with Crippen LogP contribution in [0.15, 0.2) is 58.9 Å². The van der Waals surface area contributed by atoms with Crippen LogP contribution in [-0.2, 0) is 9.53 Å². The molecule has 114 valence electrons. The van der Waals surface area contributed by atoms with Crippen molar-refractivity contribution in [3.63, 3.8) is 0 Å². The van der Waals surface area contributed by atoms with Crippen LogP contribution >= 0.6 is 0 Å². The van der Waals surface area contributed by atoms with Crippen LogP contribution in [0.3, 0.4) is 0 Å². The van der Waals surface area contributed by atoms with Crippen LogP contribution in [0.25, 0.3) is 0 Å². The second-order valence-corrected chi connectivity index (χ2v) is 5.21. The van der Waals surface area contributed by atoms with E-state index in [1.165, 1.54) is 7.11 Å². The van der Waals surface area contributed by atoms with Gasteiger partial charge in [-0.2, -0.15) is 0 Å². The first-order valence-electron chi connectivity index (χ1n) is 7.27. The van der Waals surface area contributed by atoms with E-state index < -0.39 is 12.0 Å². The lowest BCUT2D eigenvalue weighted by Gasteiger charge is -2.33. The van der Waals surface area contributed by atoms with E-state index in [0.29, 0.717) is 5.84 Å². The van der Waals surface area contributed by atoms with E-state index in [9.17, 15) is 9.90 Å². The van der Waals surface area contributed by atoms with Crippen LogP contribution in [0.5, 0.6) is 0 Å². The van der Waals surface area contributed by atoms with Gasteiger partial charge in [0.15, 0.2) is 17.6 Å². The average Bonchev–Trinajstić information content (AvgIpc) is 2.97. The third-order valence-electron chi connectivity index (χ3n) is 3.98. The minimum atomic E-state index is -0.689. The molecule has 0 fully saturated rings. The fraction of sp³-hybridized carbons (Fsp3) is 0.294. The van der Waals surface area contributed by atoms with E-state index in [4.69, 9.17) is 4.74 Å². The van der Waals surface area contributed by atoms with Gasteiger partial charge >= 0.3 is 5.97 Å². The lowest BCUT2D eigenvalue weighted by molar-refractivity contribution is -0.142. The predicted molar refractivity (Wildman–Crippen MR) is 83.3 cm³/mol. The van der Waals surface area contributed by atoms with Crippen LogP contribution in [0.1, 0.15) is 24.9 Å². The summed E-state index contributed by atoms with van der Waals surface area (Å²) in [6.45, 7) is 2.03. The van der Waals surface area contributed by atoms with Crippen molar-refractivity contribution in [2.24, 2.45) is 4.99 Å². The van der Waals surface area contributed by atoms with Crippen molar-refractivity contribution in [1.82, 2.24) is 4.90 Å². The molecular formula is C17H18N2O3. The minimum Gasteiger partial charge on any atom is -0.504 e. The quantitative estimate of drug-likeness (QED) is 0.872. The highest BCUT2D eigenvalue weighted by atomic mass is 16.5. The summed E-state index contributed by atoms with van der Waals surface area (Å²) in [6, 6.07) is 8.71. The predicted octanol–water partition coefficient (Wildman–Crippen LogP) is 2.73. The molecule has 0 bridgehead atoms. The fourth-order valence-corrected chi connectivity index (χ4v) is 2.94. The molecule has 2 aliphatic rings. The van der Waals surface area contributed by atoms with Crippen LogP contribution in [0, 0.1) is 0 Å². The lowest BCUT2D eigenvalue weighted by Crippen LogP contribution is -2.37. The van der Waals surface area contributed by atoms with Gasteiger partial charge in [-0.25, -0.2) is 9.79 Å². The van der Waals surface area contributed by atoms with Gasteiger partial charge in [-0.05, 0) is 24.1 Å². The SMILES string of the molecule is CCC1=CC=C(O)C2=N[C@@H](C(=O)OC)[C@H](c3ccccc3)N12. The molecule has 1 aromatic carbocycles. The zero-order valence-corrected chi connectivity index (χ0v) is 12.6. The second kappa shape index (κ2) is 5.67.